The minimum absolute atomic E-state index is 0.0203. The molecule has 1 aliphatic carbocycles. The average Bonchev–Trinajstić information content (AvgIpc) is 3.13. The zero-order valence-corrected chi connectivity index (χ0v) is 25.3. The number of para-hydroxylation sites is 2. The number of ketones is 1. The minimum Gasteiger partial charge on any atom is -0.493 e. The lowest BCUT2D eigenvalue weighted by atomic mass is 9.77. The molecule has 0 spiro atoms. The van der Waals surface area contributed by atoms with Gasteiger partial charge in [0.05, 0.1) is 38.1 Å². The minimum atomic E-state index is -1.06. The Balaban J connectivity index is 1.67. The highest BCUT2D eigenvalue weighted by atomic mass is 16.5. The molecule has 2 atom stereocenters. The first-order valence-electron chi connectivity index (χ1n) is 14.5. The number of Topliss-reactive ketones (excluding diaryl/α,β-unsaturated/α-hetero) is 1. The van der Waals surface area contributed by atoms with E-state index < -0.39 is 17.9 Å². The first-order chi connectivity index (χ1) is 20.5. The van der Waals surface area contributed by atoms with Gasteiger partial charge in [-0.1, -0.05) is 63.2 Å². The molecule has 2 aliphatic rings. The number of nitrogens with zero attached hydrogens (tertiary/aromatic N) is 1. The summed E-state index contributed by atoms with van der Waals surface area (Å²) in [5, 5.41) is 12.9. The van der Waals surface area contributed by atoms with Crippen molar-refractivity contribution >= 4 is 29.0 Å². The predicted octanol–water partition coefficient (Wildman–Crippen LogP) is 6.77. The van der Waals surface area contributed by atoms with Gasteiger partial charge in [0.1, 0.15) is 0 Å². The smallest absolute Gasteiger partial charge is 0.303 e. The fourth-order valence-corrected chi connectivity index (χ4v) is 6.03. The summed E-state index contributed by atoms with van der Waals surface area (Å²) in [6, 6.07) is 20.5. The van der Waals surface area contributed by atoms with Gasteiger partial charge in [-0.05, 0) is 58.7 Å². The topological polar surface area (TPSA) is 105 Å². The van der Waals surface area contributed by atoms with Gasteiger partial charge >= 0.3 is 5.97 Å². The first-order valence-corrected chi connectivity index (χ1v) is 14.5. The molecule has 0 saturated carbocycles. The van der Waals surface area contributed by atoms with Crippen LogP contribution in [0.5, 0.6) is 11.5 Å². The van der Waals surface area contributed by atoms with Crippen LogP contribution in [0.25, 0.3) is 0 Å². The van der Waals surface area contributed by atoms with Gasteiger partial charge in [0.25, 0.3) is 0 Å². The monoisotopic (exact) mass is 582 g/mol. The second-order valence-electron chi connectivity index (χ2n) is 12.1. The predicted molar refractivity (Wildman–Crippen MR) is 166 cm³/mol. The van der Waals surface area contributed by atoms with Gasteiger partial charge in [-0.3, -0.25) is 19.3 Å². The number of hydrogen-bond acceptors (Lipinski definition) is 6. The Morgan fingerprint density at radius 3 is 2.23 bits per heavy atom. The summed E-state index contributed by atoms with van der Waals surface area (Å²) in [4.78, 5) is 41.2. The number of benzene rings is 3. The third-order valence-electron chi connectivity index (χ3n) is 8.28. The number of hydrogen-bond donors (Lipinski definition) is 2. The number of amides is 1. The quantitative estimate of drug-likeness (QED) is 0.317. The molecule has 5 rings (SSSR count). The molecule has 3 aromatic rings. The van der Waals surface area contributed by atoms with E-state index in [9.17, 15) is 19.5 Å². The number of carboxylic acids is 1. The fourth-order valence-electron chi connectivity index (χ4n) is 6.03. The number of ether oxygens (including phenoxy) is 2. The van der Waals surface area contributed by atoms with Gasteiger partial charge in [-0.15, -0.1) is 0 Å². The number of allylic oxidation sites excluding steroid dienone is 1. The van der Waals surface area contributed by atoms with E-state index in [2.05, 4.69) is 50.4 Å². The summed E-state index contributed by atoms with van der Waals surface area (Å²) < 4.78 is 11.0. The standard InChI is InChI=1S/C35H38N2O6/c1-35(2,3)24-13-10-21(11-14-24)23-18-26-33(28(38)19-23)34(22-12-15-29(42-4)30(20-22)43-5)37(31(39)16-17-32(40)41)27-9-7-6-8-25(27)36-26/h6-15,20,23,34,36H,16-19H2,1-5H3,(H,40,41)/t23-,34+/m1/s1. The number of rotatable bonds is 7. The van der Waals surface area contributed by atoms with Crippen LogP contribution in [0.15, 0.2) is 78.0 Å². The van der Waals surface area contributed by atoms with Gasteiger partial charge in [0, 0.05) is 24.1 Å². The Labute approximate surface area is 252 Å². The van der Waals surface area contributed by atoms with E-state index in [1.807, 2.05) is 30.3 Å². The summed E-state index contributed by atoms with van der Waals surface area (Å²) in [7, 11) is 3.08. The van der Waals surface area contributed by atoms with E-state index in [1.54, 1.807) is 24.1 Å². The molecule has 8 nitrogen and oxygen atoms in total. The van der Waals surface area contributed by atoms with Crippen LogP contribution in [-0.2, 0) is 19.8 Å². The van der Waals surface area contributed by atoms with Crippen molar-refractivity contribution in [1.29, 1.82) is 0 Å². The van der Waals surface area contributed by atoms with Crippen LogP contribution in [0, 0.1) is 0 Å². The maximum absolute atomic E-state index is 14.3. The fraction of sp³-hybridized carbons (Fsp3) is 0.343. The second-order valence-corrected chi connectivity index (χ2v) is 12.1. The number of anilines is 2. The number of nitrogens with one attached hydrogen (secondary N) is 1. The van der Waals surface area contributed by atoms with Crippen LogP contribution < -0.4 is 19.7 Å². The Hall–Kier alpha value is -4.59. The lowest BCUT2D eigenvalue weighted by molar-refractivity contribution is -0.138. The van der Waals surface area contributed by atoms with Crippen LogP contribution in [0.3, 0.4) is 0 Å². The highest BCUT2D eigenvalue weighted by Gasteiger charge is 2.42. The van der Waals surface area contributed by atoms with E-state index in [0.717, 1.165) is 11.3 Å². The van der Waals surface area contributed by atoms with Crippen LogP contribution in [0.1, 0.15) is 75.1 Å². The molecule has 224 valence electrons. The van der Waals surface area contributed by atoms with Gasteiger partial charge in [0.2, 0.25) is 5.91 Å². The van der Waals surface area contributed by atoms with Crippen LogP contribution in [0.4, 0.5) is 11.4 Å². The van der Waals surface area contributed by atoms with Crippen LogP contribution in [0.2, 0.25) is 0 Å². The van der Waals surface area contributed by atoms with Crippen LogP contribution >= 0.6 is 0 Å². The molecular weight excluding hydrogens is 544 g/mol. The third-order valence-corrected chi connectivity index (χ3v) is 8.28. The summed E-state index contributed by atoms with van der Waals surface area (Å²) in [6.07, 6.45) is 0.320. The molecule has 0 fully saturated rings. The van der Waals surface area contributed by atoms with Crippen LogP contribution in [-0.4, -0.2) is 37.0 Å². The van der Waals surface area contributed by atoms with Gasteiger partial charge in [-0.25, -0.2) is 0 Å². The molecule has 0 bridgehead atoms. The Kier molecular flexibility index (Phi) is 8.31. The van der Waals surface area contributed by atoms with E-state index in [-0.39, 0.29) is 36.4 Å². The summed E-state index contributed by atoms with van der Waals surface area (Å²) in [6.45, 7) is 6.52. The highest BCUT2D eigenvalue weighted by molar-refractivity contribution is 6.06. The van der Waals surface area contributed by atoms with E-state index in [4.69, 9.17) is 9.47 Å². The molecule has 1 amide bonds. The molecule has 3 aromatic carbocycles. The number of fused-ring (bicyclic) bond motifs is 1. The first kappa shape index (κ1) is 29.9. The molecule has 2 N–H and O–H groups in total. The molecular formula is C35H38N2O6. The van der Waals surface area contributed by atoms with Crippen molar-refractivity contribution in [1.82, 2.24) is 0 Å². The molecule has 0 radical (unpaired) electrons. The second kappa shape index (κ2) is 12.0. The molecule has 1 heterocycles. The number of carbonyl (C=O) groups excluding carboxylic acids is 2. The Bertz CT molecular complexity index is 1580. The van der Waals surface area contributed by atoms with Crippen molar-refractivity contribution in [3.8, 4) is 11.5 Å². The molecule has 0 saturated heterocycles. The maximum atomic E-state index is 14.3. The SMILES string of the molecule is COc1ccc([C@H]2C3=C(C[C@@H](c4ccc(C(C)(C)C)cc4)CC3=O)Nc3ccccc3N2C(=O)CCC(=O)O)cc1OC. The molecule has 8 heteroatoms. The van der Waals surface area contributed by atoms with E-state index >= 15 is 0 Å². The lowest BCUT2D eigenvalue weighted by Crippen LogP contribution is -2.38. The van der Waals surface area contributed by atoms with Crippen molar-refractivity contribution in [2.45, 2.75) is 63.8 Å². The number of carboxylic acid groups (broad SMARTS) is 1. The van der Waals surface area contributed by atoms with E-state index in [1.165, 1.54) is 12.7 Å². The molecule has 1 aliphatic heterocycles. The molecule has 43 heavy (non-hydrogen) atoms. The van der Waals surface area contributed by atoms with Crippen molar-refractivity contribution < 1.29 is 29.0 Å². The maximum Gasteiger partial charge on any atom is 0.303 e. The lowest BCUT2D eigenvalue weighted by Gasteiger charge is -2.35. The largest absolute Gasteiger partial charge is 0.493 e. The number of methoxy groups -OCH3 is 2. The number of carbonyl (C=O) groups is 3. The van der Waals surface area contributed by atoms with E-state index in [0.29, 0.717) is 40.4 Å². The van der Waals surface area contributed by atoms with Crippen molar-refractivity contribution in [2.75, 3.05) is 24.4 Å². The van der Waals surface area contributed by atoms with Crippen molar-refractivity contribution in [3.05, 3.63) is 94.7 Å². The summed E-state index contributed by atoms with van der Waals surface area (Å²) in [5.74, 6) is -0.581. The Morgan fingerprint density at radius 2 is 1.58 bits per heavy atom. The van der Waals surface area contributed by atoms with Gasteiger partial charge in [0.15, 0.2) is 17.3 Å². The highest BCUT2D eigenvalue weighted by Crippen LogP contribution is 2.48. The Morgan fingerprint density at radius 1 is 0.907 bits per heavy atom. The summed E-state index contributed by atoms with van der Waals surface area (Å²) >= 11 is 0. The molecule has 0 unspecified atom stereocenters. The normalized spacial score (nSPS) is 18.3. The number of aliphatic carboxylic acids is 1. The zero-order valence-electron chi connectivity index (χ0n) is 25.3. The van der Waals surface area contributed by atoms with Crippen molar-refractivity contribution in [3.63, 3.8) is 0 Å². The average molecular weight is 583 g/mol. The third kappa shape index (κ3) is 6.00. The van der Waals surface area contributed by atoms with Crippen molar-refractivity contribution in [2.24, 2.45) is 0 Å². The zero-order chi connectivity index (χ0) is 30.9. The van der Waals surface area contributed by atoms with Gasteiger partial charge in [-0.2, -0.15) is 0 Å². The molecule has 0 aromatic heterocycles. The van der Waals surface area contributed by atoms with Gasteiger partial charge < -0.3 is 19.9 Å². The summed E-state index contributed by atoms with van der Waals surface area (Å²) in [5.41, 5.74) is 5.49.